The molecule has 0 radical (unpaired) electrons. The molecule has 0 bridgehead atoms. The average molecular weight is 546 g/mol. The van der Waals surface area contributed by atoms with Gasteiger partial charge in [0.1, 0.15) is 23.8 Å². The molecular weight excluding hydrogens is 522 g/mol. The summed E-state index contributed by atoms with van der Waals surface area (Å²) in [6, 6.07) is 3.11. The minimum absolute atomic E-state index is 0.000462. The molecule has 0 spiro atoms. The van der Waals surface area contributed by atoms with Crippen LogP contribution < -0.4 is 16.6 Å². The number of aliphatic carboxylic acids is 1. The molecule has 2 atom stereocenters. The number of nitrogens with two attached hydrogens (primary N) is 1. The van der Waals surface area contributed by atoms with Crippen molar-refractivity contribution in [1.82, 2.24) is 25.8 Å². The van der Waals surface area contributed by atoms with Gasteiger partial charge in [-0.15, -0.1) is 29.1 Å². The maximum Gasteiger partial charge on any atom is 0.352 e. The van der Waals surface area contributed by atoms with Gasteiger partial charge in [-0.05, 0) is 36.8 Å². The molecule has 0 aromatic heterocycles. The van der Waals surface area contributed by atoms with Gasteiger partial charge >= 0.3 is 5.97 Å². The number of aliphatic imine (C=N–C) groups is 1. The van der Waals surface area contributed by atoms with Gasteiger partial charge in [0, 0.05) is 22.8 Å². The summed E-state index contributed by atoms with van der Waals surface area (Å²) in [5.41, 5.74) is 10.5. The van der Waals surface area contributed by atoms with Gasteiger partial charge in [-0.1, -0.05) is 0 Å². The number of fused-ring (bicyclic) bond motifs is 2. The van der Waals surface area contributed by atoms with Crippen LogP contribution in [0.2, 0.25) is 0 Å². The monoisotopic (exact) mass is 545 g/mol. The number of β-lactam (4-membered cyclic amide) rings is 1. The summed E-state index contributed by atoms with van der Waals surface area (Å²) in [5, 5.41) is 35.2. The van der Waals surface area contributed by atoms with E-state index >= 15 is 0 Å². The molecule has 4 heterocycles. The van der Waals surface area contributed by atoms with Crippen molar-refractivity contribution >= 4 is 47.0 Å². The van der Waals surface area contributed by atoms with E-state index in [0.717, 1.165) is 10.7 Å². The van der Waals surface area contributed by atoms with Crippen LogP contribution >= 0.6 is 23.5 Å². The third-order valence-corrected chi connectivity index (χ3v) is 8.35. The van der Waals surface area contributed by atoms with E-state index in [9.17, 15) is 29.7 Å². The largest absolute Gasteiger partial charge is 0.504 e. The number of rotatable bonds is 7. The number of hydrogen-bond donors (Lipinski definition) is 6. The van der Waals surface area contributed by atoms with Crippen LogP contribution in [0.1, 0.15) is 17.3 Å². The molecule has 0 unspecified atom stereocenters. The van der Waals surface area contributed by atoms with E-state index in [2.05, 4.69) is 15.8 Å². The predicted octanol–water partition coefficient (Wildman–Crippen LogP) is 0.251. The fraction of sp³-hybridized carbons (Fsp3) is 0.273. The van der Waals surface area contributed by atoms with Crippen molar-refractivity contribution in [3.05, 3.63) is 58.2 Å². The van der Waals surface area contributed by atoms with E-state index in [1.807, 2.05) is 13.0 Å². The van der Waals surface area contributed by atoms with Crippen LogP contribution in [0.15, 0.2) is 57.6 Å². The number of thioether (sulfide) groups is 2. The minimum atomic E-state index is -1.15. The molecule has 4 aliphatic rings. The lowest BCUT2D eigenvalue weighted by Crippen LogP contribution is -2.68. The summed E-state index contributed by atoms with van der Waals surface area (Å²) < 4.78 is 0. The number of nitrogens with zero attached hydrogens (tertiary/aromatic N) is 4. The summed E-state index contributed by atoms with van der Waals surface area (Å²) >= 11 is 2.85. The molecule has 7 N–H and O–H groups in total. The standard InChI is InChI=1S/C22H23N7O6S2/c1-10-4-16(36-7-12-8-37-21-17(23)20(33)28(21)18(12)22(34)35)29-15(25-10)6-27(26-29)9-24-19(32)11-2-3-13(30)14(31)5-11/h2-6,17,21,26,30-31H,7-9,23H2,1H3,(H,24,32)(H,34,35)/t17-,21-/m1/s1. The maximum absolute atomic E-state index is 12.4. The normalized spacial score (nSPS) is 22.6. The molecule has 0 aliphatic carbocycles. The number of carboxylic acids is 1. The number of carboxylic acid groups (broad SMARTS) is 1. The van der Waals surface area contributed by atoms with Crippen LogP contribution in [0.4, 0.5) is 0 Å². The quantitative estimate of drug-likeness (QED) is 0.203. The third kappa shape index (κ3) is 4.61. The lowest BCUT2D eigenvalue weighted by atomic mass is 10.0. The van der Waals surface area contributed by atoms with Crippen LogP contribution in [0.3, 0.4) is 0 Å². The van der Waals surface area contributed by atoms with E-state index in [1.54, 1.807) is 16.2 Å². The maximum atomic E-state index is 12.4. The van der Waals surface area contributed by atoms with Gasteiger partial charge in [-0.3, -0.25) is 19.5 Å². The number of benzene rings is 1. The molecule has 5 rings (SSSR count). The number of phenolic OH excluding ortho intramolecular Hbond substituents is 2. The molecule has 1 aromatic carbocycles. The fourth-order valence-electron chi connectivity index (χ4n) is 4.07. The second-order valence-electron chi connectivity index (χ2n) is 8.48. The molecule has 0 saturated carbocycles. The Hall–Kier alpha value is -3.66. The van der Waals surface area contributed by atoms with Gasteiger partial charge in [0.2, 0.25) is 5.91 Å². The number of phenols is 2. The molecule has 37 heavy (non-hydrogen) atoms. The second kappa shape index (κ2) is 9.66. The Labute approximate surface area is 219 Å². The van der Waals surface area contributed by atoms with E-state index in [1.165, 1.54) is 46.6 Å². The highest BCUT2D eigenvalue weighted by Crippen LogP contribution is 2.41. The SMILES string of the molecule is CC1=NC2=CN(CNC(=O)c3ccc(O)c(O)c3)NN2C(SCC2=C(C(=O)O)N3C(=O)[C@@H](N)[C@H]3SC2)=C1. The topological polar surface area (TPSA) is 184 Å². The van der Waals surface area contributed by atoms with Crippen molar-refractivity contribution in [2.75, 3.05) is 18.2 Å². The van der Waals surface area contributed by atoms with Gasteiger partial charge < -0.3 is 26.4 Å². The first-order valence-electron chi connectivity index (χ1n) is 11.0. The molecule has 1 saturated heterocycles. The van der Waals surface area contributed by atoms with E-state index < -0.39 is 23.7 Å². The number of allylic oxidation sites excluding steroid dienone is 1. The van der Waals surface area contributed by atoms with Crippen molar-refractivity contribution < 1.29 is 29.7 Å². The number of hydrazine groups is 2. The Kier molecular flexibility index (Phi) is 6.53. The first kappa shape index (κ1) is 25.0. The van der Waals surface area contributed by atoms with Gasteiger partial charge in [0.05, 0.1) is 11.2 Å². The van der Waals surface area contributed by atoms with E-state index in [4.69, 9.17) is 5.73 Å². The Morgan fingerprint density at radius 1 is 1.32 bits per heavy atom. The van der Waals surface area contributed by atoms with Gasteiger partial charge in [0.25, 0.3) is 5.91 Å². The van der Waals surface area contributed by atoms with Gasteiger partial charge in [0.15, 0.2) is 17.3 Å². The number of carbonyl (C=O) groups excluding carboxylic acids is 2. The van der Waals surface area contributed by atoms with Crippen LogP contribution in [-0.2, 0) is 9.59 Å². The van der Waals surface area contributed by atoms with Crippen LogP contribution in [-0.4, -0.2) is 83.3 Å². The van der Waals surface area contributed by atoms with Crippen LogP contribution in [0, 0.1) is 0 Å². The Morgan fingerprint density at radius 2 is 2.11 bits per heavy atom. The molecule has 13 nitrogen and oxygen atoms in total. The fourth-order valence-corrected chi connectivity index (χ4v) is 6.57. The van der Waals surface area contributed by atoms with Crippen molar-refractivity contribution in [2.24, 2.45) is 10.7 Å². The molecular formula is C22H23N7O6S2. The van der Waals surface area contributed by atoms with Crippen LogP contribution in [0.25, 0.3) is 0 Å². The zero-order chi connectivity index (χ0) is 26.4. The van der Waals surface area contributed by atoms with E-state index in [0.29, 0.717) is 22.9 Å². The average Bonchev–Trinajstić information content (AvgIpc) is 3.29. The molecule has 15 heteroatoms. The molecule has 194 valence electrons. The number of amides is 2. The smallest absolute Gasteiger partial charge is 0.352 e. The van der Waals surface area contributed by atoms with Crippen molar-refractivity contribution in [3.63, 3.8) is 0 Å². The van der Waals surface area contributed by atoms with E-state index in [-0.39, 0.29) is 35.0 Å². The lowest BCUT2D eigenvalue weighted by molar-refractivity contribution is -0.147. The molecule has 4 aliphatic heterocycles. The zero-order valence-electron chi connectivity index (χ0n) is 19.4. The summed E-state index contributed by atoms with van der Waals surface area (Å²) in [7, 11) is 0. The summed E-state index contributed by atoms with van der Waals surface area (Å²) in [6.07, 6.45) is 3.55. The lowest BCUT2D eigenvalue weighted by Gasteiger charge is -2.48. The van der Waals surface area contributed by atoms with Crippen molar-refractivity contribution in [3.8, 4) is 11.5 Å². The van der Waals surface area contributed by atoms with Crippen molar-refractivity contribution in [2.45, 2.75) is 18.3 Å². The number of aromatic hydroxyl groups is 2. The van der Waals surface area contributed by atoms with Gasteiger partial charge in [-0.2, -0.15) is 0 Å². The Balaban J connectivity index is 1.24. The molecule has 1 aromatic rings. The summed E-state index contributed by atoms with van der Waals surface area (Å²) in [6.45, 7) is 1.90. The second-order valence-corrected chi connectivity index (χ2v) is 10.6. The predicted molar refractivity (Wildman–Crippen MR) is 136 cm³/mol. The Bertz CT molecular complexity index is 1330. The molecule has 1 fully saturated rings. The Morgan fingerprint density at radius 3 is 2.84 bits per heavy atom. The highest BCUT2D eigenvalue weighted by molar-refractivity contribution is 8.03. The highest BCUT2D eigenvalue weighted by Gasteiger charge is 2.51. The first-order chi connectivity index (χ1) is 17.6. The molecule has 2 amide bonds. The number of carbonyl (C=O) groups is 3. The summed E-state index contributed by atoms with van der Waals surface area (Å²) in [5.74, 6) is -1.33. The van der Waals surface area contributed by atoms with Crippen LogP contribution in [0.5, 0.6) is 11.5 Å². The number of hydrogen-bond acceptors (Lipinski definition) is 12. The minimum Gasteiger partial charge on any atom is -0.504 e. The highest BCUT2D eigenvalue weighted by atomic mass is 32.2. The first-order valence-corrected chi connectivity index (χ1v) is 13.1. The third-order valence-electron chi connectivity index (χ3n) is 5.91. The van der Waals surface area contributed by atoms with Crippen molar-refractivity contribution in [1.29, 1.82) is 0 Å². The zero-order valence-corrected chi connectivity index (χ0v) is 21.0. The summed E-state index contributed by atoms with van der Waals surface area (Å²) in [4.78, 5) is 42.4. The van der Waals surface area contributed by atoms with Gasteiger partial charge in [-0.25, -0.2) is 14.8 Å². The number of nitrogens with one attached hydrogen (secondary N) is 2.